The Balaban J connectivity index is 2.37. The summed E-state index contributed by atoms with van der Waals surface area (Å²) in [5.41, 5.74) is -1.01. The first-order valence-electron chi connectivity index (χ1n) is 6.07. The van der Waals surface area contributed by atoms with Crippen molar-refractivity contribution in [1.29, 1.82) is 0 Å². The number of aromatic amines is 1. The van der Waals surface area contributed by atoms with Crippen molar-refractivity contribution < 1.29 is 4.39 Å². The van der Waals surface area contributed by atoms with E-state index in [4.69, 9.17) is 0 Å². The fourth-order valence-corrected chi connectivity index (χ4v) is 1.72. The summed E-state index contributed by atoms with van der Waals surface area (Å²) < 4.78 is 14.2. The Morgan fingerprint density at radius 1 is 1.40 bits per heavy atom. The predicted octanol–water partition coefficient (Wildman–Crippen LogP) is 0.254. The van der Waals surface area contributed by atoms with Crippen LogP contribution in [0.4, 0.5) is 10.2 Å². The molecule has 2 aromatic rings. The summed E-state index contributed by atoms with van der Waals surface area (Å²) in [5, 5.41) is 3.04. The van der Waals surface area contributed by atoms with Gasteiger partial charge in [0.05, 0.1) is 12.7 Å². The second-order valence-electron chi connectivity index (χ2n) is 4.21. The molecule has 2 aromatic heterocycles. The van der Waals surface area contributed by atoms with Crippen LogP contribution in [0.5, 0.6) is 0 Å². The Kier molecular flexibility index (Phi) is 3.92. The van der Waals surface area contributed by atoms with Gasteiger partial charge in [0.15, 0.2) is 5.82 Å². The van der Waals surface area contributed by atoms with E-state index in [9.17, 15) is 14.0 Å². The smallest absolute Gasteiger partial charge is 0.328 e. The third kappa shape index (κ3) is 3.08. The summed E-state index contributed by atoms with van der Waals surface area (Å²) in [5.74, 6) is -0.0356. The zero-order valence-electron chi connectivity index (χ0n) is 11.1. The molecule has 0 fully saturated rings. The number of rotatable bonds is 4. The number of nitrogens with zero attached hydrogens (tertiary/aromatic N) is 3. The molecule has 0 amide bonds. The van der Waals surface area contributed by atoms with Crippen LogP contribution in [0.3, 0.4) is 0 Å². The number of H-pyrrole nitrogens is 1. The lowest BCUT2D eigenvalue weighted by atomic mass is 10.4. The van der Waals surface area contributed by atoms with E-state index in [0.717, 1.165) is 16.5 Å². The van der Waals surface area contributed by atoms with Crippen molar-refractivity contribution in [2.75, 3.05) is 11.9 Å². The van der Waals surface area contributed by atoms with Gasteiger partial charge in [0, 0.05) is 18.3 Å². The van der Waals surface area contributed by atoms with E-state index in [1.165, 1.54) is 0 Å². The van der Waals surface area contributed by atoms with E-state index in [-0.39, 0.29) is 6.54 Å². The van der Waals surface area contributed by atoms with Gasteiger partial charge in [-0.3, -0.25) is 14.3 Å². The molecule has 0 unspecified atom stereocenters. The first-order chi connectivity index (χ1) is 9.49. The molecule has 0 spiro atoms. The van der Waals surface area contributed by atoms with Crippen molar-refractivity contribution in [2.45, 2.75) is 20.4 Å². The van der Waals surface area contributed by atoms with Crippen LogP contribution in [0, 0.1) is 12.7 Å². The van der Waals surface area contributed by atoms with Crippen molar-refractivity contribution in [1.82, 2.24) is 19.5 Å². The summed E-state index contributed by atoms with van der Waals surface area (Å²) in [7, 11) is 0. The number of halogens is 1. The van der Waals surface area contributed by atoms with Gasteiger partial charge < -0.3 is 5.32 Å². The lowest BCUT2D eigenvalue weighted by molar-refractivity contribution is 0.561. The number of hydrogen-bond donors (Lipinski definition) is 2. The molecule has 0 atom stereocenters. The Morgan fingerprint density at radius 2 is 2.15 bits per heavy atom. The molecular weight excluding hydrogens is 265 g/mol. The third-order valence-electron chi connectivity index (χ3n) is 2.54. The zero-order valence-corrected chi connectivity index (χ0v) is 11.1. The quantitative estimate of drug-likeness (QED) is 0.837. The van der Waals surface area contributed by atoms with Gasteiger partial charge in [-0.25, -0.2) is 14.8 Å². The zero-order chi connectivity index (χ0) is 14.7. The van der Waals surface area contributed by atoms with Crippen LogP contribution in [0.15, 0.2) is 21.9 Å². The molecule has 0 aliphatic carbocycles. The highest BCUT2D eigenvalue weighted by Gasteiger charge is 2.07. The van der Waals surface area contributed by atoms with E-state index in [1.54, 1.807) is 13.0 Å². The Labute approximate surface area is 113 Å². The minimum atomic E-state index is -1.04. The van der Waals surface area contributed by atoms with E-state index >= 15 is 0 Å². The maximum absolute atomic E-state index is 13.2. The average Bonchev–Trinajstić information content (AvgIpc) is 2.35. The fraction of sp³-hybridized carbons (Fsp3) is 0.333. The lowest BCUT2D eigenvalue weighted by Crippen LogP contribution is -2.32. The molecule has 2 rings (SSSR count). The lowest BCUT2D eigenvalue weighted by Gasteiger charge is -2.08. The second kappa shape index (κ2) is 5.64. The number of aromatic nitrogens is 4. The van der Waals surface area contributed by atoms with Crippen molar-refractivity contribution in [3.8, 4) is 0 Å². The summed E-state index contributed by atoms with van der Waals surface area (Å²) in [6.07, 6.45) is 0.847. The number of anilines is 1. The summed E-state index contributed by atoms with van der Waals surface area (Å²) in [6.45, 7) is 4.40. The SMILES string of the molecule is CCNc1cc(C)nc(Cn2cc(F)c(=O)[nH]c2=O)n1. The number of aryl methyl sites for hydroxylation is 1. The molecule has 7 nitrogen and oxygen atoms in total. The number of hydrogen-bond acceptors (Lipinski definition) is 5. The Hall–Kier alpha value is -2.51. The van der Waals surface area contributed by atoms with Crippen LogP contribution < -0.4 is 16.6 Å². The van der Waals surface area contributed by atoms with Crippen molar-refractivity contribution in [3.63, 3.8) is 0 Å². The highest BCUT2D eigenvalue weighted by Crippen LogP contribution is 2.06. The van der Waals surface area contributed by atoms with Gasteiger partial charge in [-0.1, -0.05) is 0 Å². The molecule has 2 heterocycles. The maximum atomic E-state index is 13.2. The summed E-state index contributed by atoms with van der Waals surface area (Å²) in [4.78, 5) is 32.8. The molecule has 106 valence electrons. The van der Waals surface area contributed by atoms with E-state index in [0.29, 0.717) is 18.2 Å². The van der Waals surface area contributed by atoms with Gasteiger partial charge in [0.1, 0.15) is 5.82 Å². The van der Waals surface area contributed by atoms with Crippen molar-refractivity contribution >= 4 is 5.82 Å². The molecule has 2 N–H and O–H groups in total. The summed E-state index contributed by atoms with van der Waals surface area (Å²) >= 11 is 0. The van der Waals surface area contributed by atoms with Gasteiger partial charge in [-0.15, -0.1) is 0 Å². The second-order valence-corrected chi connectivity index (χ2v) is 4.21. The Morgan fingerprint density at radius 3 is 2.85 bits per heavy atom. The predicted molar refractivity (Wildman–Crippen MR) is 71.3 cm³/mol. The van der Waals surface area contributed by atoms with Crippen molar-refractivity contribution in [3.05, 3.63) is 50.4 Å². The van der Waals surface area contributed by atoms with Gasteiger partial charge in [0.25, 0.3) is 5.56 Å². The summed E-state index contributed by atoms with van der Waals surface area (Å²) in [6, 6.07) is 1.77. The molecule has 0 aromatic carbocycles. The van der Waals surface area contributed by atoms with E-state index in [2.05, 4.69) is 15.3 Å². The average molecular weight is 279 g/mol. The molecule has 20 heavy (non-hydrogen) atoms. The van der Waals surface area contributed by atoms with Gasteiger partial charge >= 0.3 is 5.69 Å². The molecule has 0 radical (unpaired) electrons. The van der Waals surface area contributed by atoms with E-state index in [1.807, 2.05) is 11.9 Å². The fourth-order valence-electron chi connectivity index (χ4n) is 1.72. The maximum Gasteiger partial charge on any atom is 0.328 e. The van der Waals surface area contributed by atoms with E-state index < -0.39 is 17.1 Å². The minimum Gasteiger partial charge on any atom is -0.370 e. The molecule has 0 aliphatic heterocycles. The number of nitrogens with one attached hydrogen (secondary N) is 2. The standard InChI is InChI=1S/C12H14FN5O2/c1-3-14-9-4-7(2)15-10(16-9)6-18-5-8(13)11(19)17-12(18)20/h4-5H,3,6H2,1-2H3,(H,14,15,16)(H,17,19,20). The van der Waals surface area contributed by atoms with Gasteiger partial charge in [0.2, 0.25) is 5.82 Å². The van der Waals surface area contributed by atoms with Crippen LogP contribution >= 0.6 is 0 Å². The monoisotopic (exact) mass is 279 g/mol. The molecular formula is C12H14FN5O2. The molecule has 0 bridgehead atoms. The molecule has 8 heteroatoms. The minimum absolute atomic E-state index is 0.0212. The highest BCUT2D eigenvalue weighted by molar-refractivity contribution is 5.35. The molecule has 0 saturated carbocycles. The van der Waals surface area contributed by atoms with Crippen molar-refractivity contribution in [2.24, 2.45) is 0 Å². The van der Waals surface area contributed by atoms with Crippen LogP contribution in [0.1, 0.15) is 18.4 Å². The third-order valence-corrected chi connectivity index (χ3v) is 2.54. The first-order valence-corrected chi connectivity index (χ1v) is 6.07. The van der Waals surface area contributed by atoms with Crippen LogP contribution in [0.25, 0.3) is 0 Å². The molecule has 0 aliphatic rings. The van der Waals surface area contributed by atoms with Gasteiger partial charge in [-0.2, -0.15) is 4.39 Å². The van der Waals surface area contributed by atoms with Crippen LogP contribution in [-0.4, -0.2) is 26.1 Å². The highest BCUT2D eigenvalue weighted by atomic mass is 19.1. The van der Waals surface area contributed by atoms with Gasteiger partial charge in [-0.05, 0) is 13.8 Å². The first kappa shape index (κ1) is 13.9. The molecule has 0 saturated heterocycles. The normalized spacial score (nSPS) is 10.6. The topological polar surface area (TPSA) is 92.7 Å². The van der Waals surface area contributed by atoms with Crippen LogP contribution in [-0.2, 0) is 6.54 Å². The Bertz CT molecular complexity index is 737. The largest absolute Gasteiger partial charge is 0.370 e. The van der Waals surface area contributed by atoms with Crippen LogP contribution in [0.2, 0.25) is 0 Å².